The molecule has 0 spiro atoms. The van der Waals surface area contributed by atoms with Crippen LogP contribution in [0, 0.1) is 0 Å². The minimum absolute atomic E-state index is 0.0637. The van der Waals surface area contributed by atoms with E-state index < -0.39 is 6.10 Å². The Morgan fingerprint density at radius 2 is 1.89 bits per heavy atom. The van der Waals surface area contributed by atoms with Gasteiger partial charge in [0.25, 0.3) is 0 Å². The molecule has 6 nitrogen and oxygen atoms in total. The maximum absolute atomic E-state index is 12.3. The molecule has 1 heterocycles. The minimum atomic E-state index is -0.818. The van der Waals surface area contributed by atoms with E-state index in [1.165, 1.54) is 0 Å². The fourth-order valence-electron chi connectivity index (χ4n) is 3.13. The highest BCUT2D eigenvalue weighted by Gasteiger charge is 2.15. The van der Waals surface area contributed by atoms with Crippen LogP contribution in [0.1, 0.15) is 5.56 Å². The number of aliphatic hydroxyl groups is 1. The number of nitrogens with one attached hydrogen (secondary N) is 1. The maximum Gasteiger partial charge on any atom is 0.231 e. The van der Waals surface area contributed by atoms with E-state index in [-0.39, 0.29) is 32.3 Å². The average molecular weight is 379 g/mol. The number of hydrogen-bond acceptors (Lipinski definition) is 5. The van der Waals surface area contributed by atoms with Gasteiger partial charge < -0.3 is 24.6 Å². The third-order valence-electron chi connectivity index (χ3n) is 4.55. The van der Waals surface area contributed by atoms with E-state index in [4.69, 9.17) is 14.2 Å². The first kappa shape index (κ1) is 18.1. The van der Waals surface area contributed by atoms with Gasteiger partial charge in [0.2, 0.25) is 12.7 Å². The molecule has 0 bridgehead atoms. The van der Waals surface area contributed by atoms with Gasteiger partial charge in [-0.3, -0.25) is 4.79 Å². The summed E-state index contributed by atoms with van der Waals surface area (Å²) < 4.78 is 16.1. The molecule has 0 saturated carbocycles. The Bertz CT molecular complexity index is 982. The molecule has 0 aliphatic carbocycles. The van der Waals surface area contributed by atoms with Crippen molar-refractivity contribution in [3.8, 4) is 17.2 Å². The molecular formula is C22H21NO5. The summed E-state index contributed by atoms with van der Waals surface area (Å²) in [5.74, 6) is 1.73. The molecule has 3 aromatic rings. The Morgan fingerprint density at radius 1 is 1.07 bits per heavy atom. The molecule has 0 saturated heterocycles. The van der Waals surface area contributed by atoms with Crippen molar-refractivity contribution in [1.82, 2.24) is 5.32 Å². The monoisotopic (exact) mass is 379 g/mol. The fourth-order valence-corrected chi connectivity index (χ4v) is 3.13. The summed E-state index contributed by atoms with van der Waals surface area (Å²) in [5, 5.41) is 15.0. The van der Waals surface area contributed by atoms with Crippen LogP contribution in [-0.4, -0.2) is 37.1 Å². The highest BCUT2D eigenvalue weighted by Crippen LogP contribution is 2.35. The van der Waals surface area contributed by atoms with E-state index in [9.17, 15) is 9.90 Å². The average Bonchev–Trinajstić information content (AvgIpc) is 3.19. The van der Waals surface area contributed by atoms with Gasteiger partial charge in [0.15, 0.2) is 11.5 Å². The van der Waals surface area contributed by atoms with Gasteiger partial charge in [0.1, 0.15) is 18.5 Å². The molecule has 6 heteroatoms. The molecule has 0 fully saturated rings. The standard InChI is InChI=1S/C22H21NO5/c24-17(13-26-18-8-9-20-21(11-18)28-14-27-20)12-23-22(25)10-16-6-3-5-15-4-1-2-7-19(15)16/h1-9,11,17,24H,10,12-14H2,(H,23,25). The molecule has 28 heavy (non-hydrogen) atoms. The highest BCUT2D eigenvalue weighted by atomic mass is 16.7. The first-order chi connectivity index (χ1) is 13.7. The largest absolute Gasteiger partial charge is 0.491 e. The lowest BCUT2D eigenvalue weighted by Crippen LogP contribution is -2.36. The zero-order valence-corrected chi connectivity index (χ0v) is 15.3. The number of carbonyl (C=O) groups is 1. The number of amides is 1. The summed E-state index contributed by atoms with van der Waals surface area (Å²) in [7, 11) is 0. The minimum Gasteiger partial charge on any atom is -0.491 e. The van der Waals surface area contributed by atoms with Crippen molar-refractivity contribution in [2.75, 3.05) is 19.9 Å². The number of rotatable bonds is 7. The summed E-state index contributed by atoms with van der Waals surface area (Å²) in [6.07, 6.45) is -0.557. The van der Waals surface area contributed by atoms with Gasteiger partial charge in [-0.2, -0.15) is 0 Å². The Balaban J connectivity index is 1.26. The van der Waals surface area contributed by atoms with Crippen molar-refractivity contribution < 1.29 is 24.1 Å². The van der Waals surface area contributed by atoms with Gasteiger partial charge in [-0.25, -0.2) is 0 Å². The smallest absolute Gasteiger partial charge is 0.231 e. The first-order valence-electron chi connectivity index (χ1n) is 9.13. The van der Waals surface area contributed by atoms with Crippen molar-refractivity contribution >= 4 is 16.7 Å². The predicted octanol–water partition coefficient (Wildman–Crippen LogP) is 2.67. The second-order valence-corrected chi connectivity index (χ2v) is 6.60. The summed E-state index contributed by atoms with van der Waals surface area (Å²) >= 11 is 0. The predicted molar refractivity (Wildman–Crippen MR) is 105 cm³/mol. The Kier molecular flexibility index (Phi) is 5.30. The fraction of sp³-hybridized carbons (Fsp3) is 0.227. The zero-order chi connectivity index (χ0) is 19.3. The number of carbonyl (C=O) groups excluding carboxylic acids is 1. The lowest BCUT2D eigenvalue weighted by molar-refractivity contribution is -0.120. The molecular weight excluding hydrogens is 358 g/mol. The lowest BCUT2D eigenvalue weighted by Gasteiger charge is -2.14. The number of hydrogen-bond donors (Lipinski definition) is 2. The molecule has 1 atom stereocenters. The molecule has 144 valence electrons. The maximum atomic E-state index is 12.3. The van der Waals surface area contributed by atoms with Gasteiger partial charge in [0, 0.05) is 12.6 Å². The normalized spacial score (nSPS) is 13.3. The van der Waals surface area contributed by atoms with Gasteiger partial charge in [0.05, 0.1) is 6.42 Å². The molecule has 0 aromatic heterocycles. The van der Waals surface area contributed by atoms with Crippen molar-refractivity contribution in [3.63, 3.8) is 0 Å². The summed E-state index contributed by atoms with van der Waals surface area (Å²) in [6, 6.07) is 19.1. The van der Waals surface area contributed by atoms with Crippen LogP contribution in [0.5, 0.6) is 17.2 Å². The molecule has 1 amide bonds. The van der Waals surface area contributed by atoms with Crippen LogP contribution >= 0.6 is 0 Å². The quantitative estimate of drug-likeness (QED) is 0.660. The summed E-state index contributed by atoms with van der Waals surface area (Å²) in [5.41, 5.74) is 0.960. The molecule has 1 aliphatic heterocycles. The van der Waals surface area contributed by atoms with Crippen LogP contribution in [0.4, 0.5) is 0 Å². The van der Waals surface area contributed by atoms with E-state index in [0.717, 1.165) is 16.3 Å². The van der Waals surface area contributed by atoms with Crippen molar-refractivity contribution in [2.24, 2.45) is 0 Å². The van der Waals surface area contributed by atoms with E-state index in [1.54, 1.807) is 18.2 Å². The molecule has 1 aliphatic rings. The van der Waals surface area contributed by atoms with E-state index in [1.807, 2.05) is 42.5 Å². The van der Waals surface area contributed by atoms with Gasteiger partial charge >= 0.3 is 0 Å². The van der Waals surface area contributed by atoms with Crippen LogP contribution in [0.15, 0.2) is 60.7 Å². The molecule has 3 aromatic carbocycles. The number of fused-ring (bicyclic) bond motifs is 2. The number of ether oxygens (including phenoxy) is 3. The number of aliphatic hydroxyl groups excluding tert-OH is 1. The molecule has 4 rings (SSSR count). The summed E-state index contributed by atoms with van der Waals surface area (Å²) in [6.45, 7) is 0.381. The highest BCUT2D eigenvalue weighted by molar-refractivity contribution is 5.90. The topological polar surface area (TPSA) is 77.0 Å². The van der Waals surface area contributed by atoms with E-state index in [2.05, 4.69) is 5.32 Å². The second-order valence-electron chi connectivity index (χ2n) is 6.60. The van der Waals surface area contributed by atoms with Crippen molar-refractivity contribution in [3.05, 3.63) is 66.2 Å². The Morgan fingerprint density at radius 3 is 2.82 bits per heavy atom. The Labute approximate surface area is 162 Å². The van der Waals surface area contributed by atoms with Crippen LogP contribution in [0.2, 0.25) is 0 Å². The van der Waals surface area contributed by atoms with Crippen molar-refractivity contribution in [1.29, 1.82) is 0 Å². The first-order valence-corrected chi connectivity index (χ1v) is 9.13. The zero-order valence-electron chi connectivity index (χ0n) is 15.3. The number of benzene rings is 3. The van der Waals surface area contributed by atoms with Crippen LogP contribution in [0.3, 0.4) is 0 Å². The van der Waals surface area contributed by atoms with Gasteiger partial charge in [-0.15, -0.1) is 0 Å². The van der Waals surface area contributed by atoms with Gasteiger partial charge in [-0.1, -0.05) is 42.5 Å². The third-order valence-corrected chi connectivity index (χ3v) is 4.55. The van der Waals surface area contributed by atoms with Crippen LogP contribution < -0.4 is 19.5 Å². The molecule has 0 radical (unpaired) electrons. The Hall–Kier alpha value is -3.25. The molecule has 2 N–H and O–H groups in total. The SMILES string of the molecule is O=C(Cc1cccc2ccccc12)NCC(O)COc1ccc2c(c1)OCO2. The van der Waals surface area contributed by atoms with Gasteiger partial charge in [-0.05, 0) is 28.5 Å². The second kappa shape index (κ2) is 8.19. The summed E-state index contributed by atoms with van der Waals surface area (Å²) in [4.78, 5) is 12.3. The lowest BCUT2D eigenvalue weighted by atomic mass is 10.0. The van der Waals surface area contributed by atoms with Crippen LogP contribution in [-0.2, 0) is 11.2 Å². The van der Waals surface area contributed by atoms with Crippen LogP contribution in [0.25, 0.3) is 10.8 Å². The van der Waals surface area contributed by atoms with Crippen molar-refractivity contribution in [2.45, 2.75) is 12.5 Å². The molecule has 1 unspecified atom stereocenters. The van der Waals surface area contributed by atoms with E-state index >= 15 is 0 Å². The van der Waals surface area contributed by atoms with E-state index in [0.29, 0.717) is 17.2 Å². The third kappa shape index (κ3) is 4.18.